The van der Waals surface area contributed by atoms with E-state index in [1.807, 2.05) is 6.08 Å². The summed E-state index contributed by atoms with van der Waals surface area (Å²) in [5.41, 5.74) is 7.80. The molecule has 330 valence electrons. The van der Waals surface area contributed by atoms with Crippen LogP contribution in [0, 0.1) is 11.8 Å². The van der Waals surface area contributed by atoms with Crippen molar-refractivity contribution in [2.24, 2.45) is 22.6 Å². The maximum Gasteiger partial charge on any atom is 0.338 e. The molecule has 0 aromatic heterocycles. The van der Waals surface area contributed by atoms with Crippen LogP contribution in [0.15, 0.2) is 63.7 Å². The van der Waals surface area contributed by atoms with E-state index in [9.17, 15) is 45.3 Å². The number of nitrogens with one attached hydrogen (secondary N) is 2. The van der Waals surface area contributed by atoms with E-state index in [1.165, 1.54) is 6.26 Å². The molecule has 0 unspecified atom stereocenters. The number of aliphatic imine (C=N–C) groups is 1. The summed E-state index contributed by atoms with van der Waals surface area (Å²) in [6.45, 7) is -1.13. The van der Waals surface area contributed by atoms with E-state index in [4.69, 9.17) is 29.4 Å². The lowest BCUT2D eigenvalue weighted by atomic mass is 9.80. The van der Waals surface area contributed by atoms with Crippen LogP contribution in [-0.2, 0) is 33.3 Å². The first kappa shape index (κ1) is 46.2. The van der Waals surface area contributed by atoms with E-state index in [1.54, 1.807) is 30.3 Å². The highest BCUT2D eigenvalue weighted by atomic mass is 16.8. The van der Waals surface area contributed by atoms with Gasteiger partial charge in [-0.05, 0) is 64.8 Å². The van der Waals surface area contributed by atoms with Crippen LogP contribution in [0.25, 0.3) is 0 Å². The Balaban J connectivity index is 1.61. The topological polar surface area (TPSA) is 288 Å². The molecule has 3 fully saturated rings. The van der Waals surface area contributed by atoms with Crippen LogP contribution in [0.1, 0.15) is 64.2 Å². The van der Waals surface area contributed by atoms with Gasteiger partial charge in [0.25, 0.3) is 0 Å². The lowest BCUT2D eigenvalue weighted by Gasteiger charge is -2.47. The van der Waals surface area contributed by atoms with Crippen molar-refractivity contribution >= 4 is 17.9 Å². The standard InChI is InChI=1S/C40H61N5O14/c1-42-23-56-34-38(58-31(21-48)33(49)40(34,53)54)59-37-28(18-24-8-3-2-4-9-24)27(30(22-55-37)36(52)57-26-10-5-6-11-26)13-12-25-19-45(15-17-47)20-29(35(50)51)32(25)44-39(41)43-14-7-16-46/h12-13,18-19,22,26-28,31,33-34,37-38,42,46-49,53-54H,2-11,14-17,20-21,23H2,1H3,(H,50,51)(H3,41,43,44)/b13-12+/t27-,28+,31+,33+,34-,37-,38-/m0/s1. The Kier molecular flexibility index (Phi) is 17.3. The zero-order chi connectivity index (χ0) is 42.5. The van der Waals surface area contributed by atoms with Crippen molar-refractivity contribution in [3.05, 3.63) is 58.7 Å². The molecule has 0 spiro atoms. The predicted molar refractivity (Wildman–Crippen MR) is 210 cm³/mol. The average molecular weight is 836 g/mol. The van der Waals surface area contributed by atoms with Crippen molar-refractivity contribution in [2.75, 3.05) is 53.2 Å². The lowest BCUT2D eigenvalue weighted by molar-refractivity contribution is -0.410. The van der Waals surface area contributed by atoms with Crippen LogP contribution >= 0.6 is 0 Å². The van der Waals surface area contributed by atoms with Crippen LogP contribution in [0.4, 0.5) is 0 Å². The van der Waals surface area contributed by atoms with Gasteiger partial charge in [0.2, 0.25) is 12.1 Å². The molecule has 11 N–H and O–H groups in total. The molecule has 19 nitrogen and oxygen atoms in total. The highest BCUT2D eigenvalue weighted by Gasteiger charge is 2.57. The summed E-state index contributed by atoms with van der Waals surface area (Å²) in [6.07, 6.45) is 7.91. The molecule has 0 aromatic carbocycles. The first-order valence-electron chi connectivity index (χ1n) is 20.4. The summed E-state index contributed by atoms with van der Waals surface area (Å²) >= 11 is 0. The number of aliphatic hydroxyl groups excluding tert-OH is 4. The zero-order valence-corrected chi connectivity index (χ0v) is 33.5. The molecule has 2 aliphatic carbocycles. The third kappa shape index (κ3) is 11.9. The predicted octanol–water partition coefficient (Wildman–Crippen LogP) is -0.454. The summed E-state index contributed by atoms with van der Waals surface area (Å²) in [5, 5.41) is 77.9. The number of hydrogen-bond acceptors (Lipinski definition) is 16. The van der Waals surface area contributed by atoms with Gasteiger partial charge in [0, 0.05) is 37.4 Å². The van der Waals surface area contributed by atoms with E-state index < -0.39 is 67.1 Å². The summed E-state index contributed by atoms with van der Waals surface area (Å²) < 4.78 is 30.1. The van der Waals surface area contributed by atoms with Gasteiger partial charge in [0.05, 0.1) is 55.5 Å². The molecule has 3 aliphatic heterocycles. The molecule has 7 atom stereocenters. The fourth-order valence-electron chi connectivity index (χ4n) is 7.92. The number of carboxylic acid groups (broad SMARTS) is 1. The van der Waals surface area contributed by atoms with E-state index >= 15 is 0 Å². The Morgan fingerprint density at radius 1 is 1.08 bits per heavy atom. The Hall–Kier alpha value is -3.89. The fourth-order valence-corrected chi connectivity index (χ4v) is 7.92. The third-order valence-electron chi connectivity index (χ3n) is 11.0. The molecule has 0 radical (unpaired) electrons. The highest BCUT2D eigenvalue weighted by Crippen LogP contribution is 2.41. The number of nitrogens with two attached hydrogens (primary N) is 1. The van der Waals surface area contributed by atoms with Gasteiger partial charge in [-0.2, -0.15) is 0 Å². The number of aliphatic hydroxyl groups is 6. The van der Waals surface area contributed by atoms with Gasteiger partial charge in [-0.1, -0.05) is 30.2 Å². The summed E-state index contributed by atoms with van der Waals surface area (Å²) in [6, 6.07) is 0. The molecule has 19 heteroatoms. The highest BCUT2D eigenvalue weighted by molar-refractivity contribution is 5.92. The summed E-state index contributed by atoms with van der Waals surface area (Å²) in [5.74, 6) is -6.54. The van der Waals surface area contributed by atoms with Crippen molar-refractivity contribution in [1.29, 1.82) is 0 Å². The number of β-amino-alcohol motifs (C(OH)–C–C–N with tert-alkyl or cyclic N) is 1. The molecule has 3 heterocycles. The minimum atomic E-state index is -2.93. The largest absolute Gasteiger partial charge is 0.478 e. The Labute approximate surface area is 343 Å². The van der Waals surface area contributed by atoms with Crippen molar-refractivity contribution in [2.45, 2.75) is 107 Å². The van der Waals surface area contributed by atoms with Crippen LogP contribution < -0.4 is 16.4 Å². The van der Waals surface area contributed by atoms with Crippen molar-refractivity contribution in [3.63, 3.8) is 0 Å². The average Bonchev–Trinajstić information content (AvgIpc) is 3.73. The number of hydrogen-bond donors (Lipinski definition) is 10. The number of guanidine groups is 1. The van der Waals surface area contributed by atoms with Gasteiger partial charge in [-0.15, -0.1) is 0 Å². The Bertz CT molecular complexity index is 1610. The molecular weight excluding hydrogens is 774 g/mol. The van der Waals surface area contributed by atoms with Crippen LogP contribution in [0.5, 0.6) is 0 Å². The second kappa shape index (κ2) is 22.1. The van der Waals surface area contributed by atoms with Crippen molar-refractivity contribution in [1.82, 2.24) is 15.5 Å². The van der Waals surface area contributed by atoms with Crippen LogP contribution in [0.3, 0.4) is 0 Å². The Morgan fingerprint density at radius 3 is 2.49 bits per heavy atom. The molecule has 59 heavy (non-hydrogen) atoms. The molecule has 0 bridgehead atoms. The number of carbonyl (C=O) groups is 2. The van der Waals surface area contributed by atoms with Gasteiger partial charge >= 0.3 is 11.9 Å². The van der Waals surface area contributed by atoms with Crippen molar-refractivity contribution in [3.8, 4) is 0 Å². The van der Waals surface area contributed by atoms with Gasteiger partial charge in [-0.25, -0.2) is 9.59 Å². The minimum Gasteiger partial charge on any atom is -0.478 e. The quantitative estimate of drug-likeness (QED) is 0.0209. The maximum atomic E-state index is 14.1. The van der Waals surface area contributed by atoms with Gasteiger partial charge < -0.3 is 75.4 Å². The number of esters is 1. The monoisotopic (exact) mass is 835 g/mol. The number of rotatable bonds is 18. The molecule has 0 aromatic rings. The molecular formula is C40H61N5O14. The first-order valence-corrected chi connectivity index (χ1v) is 20.4. The normalized spacial score (nSPS) is 29.3. The SMILES string of the molecule is CNCO[C@H]1[C@H](O[C@@H]2OC=C(C(=O)OC3CCCC3)[C@@H](/C=C/C3=CN(CCO)CC(C(=O)O)=C3NC(N)=NCCCO)[C@H]2C=C2CCCCC2)O[C@H](CO)[C@@H](O)C1(O)O. The smallest absolute Gasteiger partial charge is 0.338 e. The van der Waals surface area contributed by atoms with E-state index in [-0.39, 0.29) is 68.5 Å². The molecule has 1 saturated heterocycles. The lowest BCUT2D eigenvalue weighted by Crippen LogP contribution is -2.69. The van der Waals surface area contributed by atoms with Crippen LogP contribution in [-0.4, -0.2) is 155 Å². The molecule has 0 amide bonds. The number of aliphatic carboxylic acids is 1. The summed E-state index contributed by atoms with van der Waals surface area (Å²) in [4.78, 5) is 32.6. The summed E-state index contributed by atoms with van der Waals surface area (Å²) in [7, 11) is 1.56. The van der Waals surface area contributed by atoms with Crippen LogP contribution in [0.2, 0.25) is 0 Å². The fraction of sp³-hybridized carbons (Fsp3) is 0.675. The third-order valence-corrected chi connectivity index (χ3v) is 11.0. The van der Waals surface area contributed by atoms with Gasteiger partial charge in [0.1, 0.15) is 18.3 Å². The number of nitrogens with zero attached hydrogens (tertiary/aromatic N) is 2. The van der Waals surface area contributed by atoms with E-state index in [2.05, 4.69) is 15.6 Å². The van der Waals surface area contributed by atoms with Crippen molar-refractivity contribution < 1.29 is 69.0 Å². The maximum absolute atomic E-state index is 14.1. The minimum absolute atomic E-state index is 0.0643. The molecule has 5 rings (SSSR count). The second-order valence-electron chi connectivity index (χ2n) is 15.3. The second-order valence-corrected chi connectivity index (χ2v) is 15.3. The first-order chi connectivity index (χ1) is 28.4. The van der Waals surface area contributed by atoms with E-state index in [0.717, 1.165) is 50.5 Å². The van der Waals surface area contributed by atoms with E-state index in [0.29, 0.717) is 24.8 Å². The number of allylic oxidation sites excluding steroid dienone is 3. The molecule has 2 saturated carbocycles. The number of carbonyl (C=O) groups excluding carboxylic acids is 1. The zero-order valence-electron chi connectivity index (χ0n) is 33.5. The Morgan fingerprint density at radius 2 is 1.83 bits per heavy atom. The van der Waals surface area contributed by atoms with Gasteiger partial charge in [-0.3, -0.25) is 10.3 Å². The number of ether oxygens (including phenoxy) is 5. The number of carboxylic acids is 1. The van der Waals surface area contributed by atoms with Gasteiger partial charge in [0.15, 0.2) is 18.4 Å². The molecule has 5 aliphatic rings.